The van der Waals surface area contributed by atoms with Crippen LogP contribution in [0.3, 0.4) is 0 Å². The lowest BCUT2D eigenvalue weighted by Crippen LogP contribution is -1.92. The molecule has 4 heterocycles. The van der Waals surface area contributed by atoms with Crippen molar-refractivity contribution in [3.8, 4) is 0 Å². The summed E-state index contributed by atoms with van der Waals surface area (Å²) in [6.45, 7) is 0. The van der Waals surface area contributed by atoms with Gasteiger partial charge < -0.3 is 4.42 Å². The molecule has 3 nitrogen and oxygen atoms in total. The molecule has 0 aliphatic rings. The van der Waals surface area contributed by atoms with Gasteiger partial charge in [-0.3, -0.25) is 4.40 Å². The first-order valence-corrected chi connectivity index (χ1v) is 12.6. The molecule has 0 bridgehead atoms. The van der Waals surface area contributed by atoms with Crippen molar-refractivity contribution in [2.45, 2.75) is 0 Å². The minimum Gasteiger partial charge on any atom is -0.456 e. The highest BCUT2D eigenvalue weighted by atomic mass is 32.1. The molecule has 9 rings (SSSR count). The number of fused-ring (bicyclic) bond motifs is 16. The maximum absolute atomic E-state index is 6.30. The predicted molar refractivity (Wildman–Crippen MR) is 148 cm³/mol. The Kier molecular flexibility index (Phi) is 3.17. The van der Waals surface area contributed by atoms with Gasteiger partial charge in [-0.1, -0.05) is 48.5 Å². The fourth-order valence-electron chi connectivity index (χ4n) is 5.96. The van der Waals surface area contributed by atoms with Crippen LogP contribution in [-0.2, 0) is 0 Å². The van der Waals surface area contributed by atoms with E-state index in [1.807, 2.05) is 23.5 Å². The topological polar surface area (TPSA) is 30.4 Å². The predicted octanol–water partition coefficient (Wildman–Crippen LogP) is 9.06. The fraction of sp³-hybridized carbons (Fsp3) is 0. The Bertz CT molecular complexity index is 2330. The summed E-state index contributed by atoms with van der Waals surface area (Å²) >= 11 is 1.86. The van der Waals surface area contributed by atoms with Crippen molar-refractivity contribution >= 4 is 91.8 Å². The van der Waals surface area contributed by atoms with E-state index >= 15 is 0 Å². The van der Waals surface area contributed by atoms with Gasteiger partial charge in [-0.2, -0.15) is 0 Å². The first-order valence-electron chi connectivity index (χ1n) is 11.7. The number of pyridine rings is 1. The lowest BCUT2D eigenvalue weighted by Gasteiger charge is -2.11. The molecule has 0 N–H and O–H groups in total. The summed E-state index contributed by atoms with van der Waals surface area (Å²) in [5.41, 5.74) is 6.09. The summed E-state index contributed by atoms with van der Waals surface area (Å²) in [6, 6.07) is 34.4. The number of imidazole rings is 1. The van der Waals surface area contributed by atoms with Crippen LogP contribution in [0.4, 0.5) is 0 Å². The smallest absolute Gasteiger partial charge is 0.147 e. The van der Waals surface area contributed by atoms with Crippen LogP contribution < -0.4 is 0 Å². The van der Waals surface area contributed by atoms with Gasteiger partial charge in [-0.15, -0.1) is 11.3 Å². The number of nitrogens with zero attached hydrogens (tertiary/aromatic N) is 2. The zero-order valence-electron chi connectivity index (χ0n) is 18.4. The minimum atomic E-state index is 0.898. The van der Waals surface area contributed by atoms with E-state index in [2.05, 4.69) is 89.3 Å². The van der Waals surface area contributed by atoms with E-state index in [1.165, 1.54) is 36.5 Å². The van der Waals surface area contributed by atoms with E-state index in [1.54, 1.807) is 0 Å². The van der Waals surface area contributed by atoms with Gasteiger partial charge in [0.15, 0.2) is 0 Å². The fourth-order valence-corrected chi connectivity index (χ4v) is 7.07. The van der Waals surface area contributed by atoms with Gasteiger partial charge in [0, 0.05) is 41.7 Å². The van der Waals surface area contributed by atoms with Crippen molar-refractivity contribution in [3.05, 3.63) is 97.1 Å². The number of rotatable bonds is 0. The molecule has 0 aliphatic heterocycles. The number of benzene rings is 5. The number of furan rings is 1. The number of para-hydroxylation sites is 3. The molecule has 0 saturated carbocycles. The average Bonchev–Trinajstić information content (AvgIpc) is 3.59. The van der Waals surface area contributed by atoms with Crippen LogP contribution in [0.1, 0.15) is 0 Å². The Labute approximate surface area is 202 Å². The van der Waals surface area contributed by atoms with Crippen LogP contribution in [0.15, 0.2) is 101 Å². The maximum Gasteiger partial charge on any atom is 0.147 e. The lowest BCUT2D eigenvalue weighted by atomic mass is 9.98. The monoisotopic (exact) mass is 464 g/mol. The standard InChI is InChI=1S/C31H16N2OS/c1-5-11-23-17(7-1)28-24(34-23)15-13-19-27-22(14-16-26-29(27)18-8-2-6-12-25(18)35-26)33-21-10-4-3-9-20(21)32-31(33)30(19)28/h1-16H. The SMILES string of the molecule is c1ccc2c(c1)nc1c3c(ccc4oc5ccccc5c43)c3c4c(ccc3n21)sc1ccccc14. The molecule has 4 heteroatoms. The number of aromatic nitrogens is 2. The average molecular weight is 465 g/mol. The zero-order chi connectivity index (χ0) is 22.7. The third-order valence-electron chi connectivity index (χ3n) is 7.36. The molecule has 0 radical (unpaired) electrons. The van der Waals surface area contributed by atoms with Crippen molar-refractivity contribution in [2.24, 2.45) is 0 Å². The molecule has 5 aromatic carbocycles. The van der Waals surface area contributed by atoms with Crippen molar-refractivity contribution in [3.63, 3.8) is 0 Å². The van der Waals surface area contributed by atoms with E-state index in [9.17, 15) is 0 Å². The van der Waals surface area contributed by atoms with Crippen LogP contribution in [-0.4, -0.2) is 9.38 Å². The summed E-state index contributed by atoms with van der Waals surface area (Å²) in [5, 5.41) is 8.54. The molecule has 0 aliphatic carbocycles. The summed E-state index contributed by atoms with van der Waals surface area (Å²) in [4.78, 5) is 5.18. The van der Waals surface area contributed by atoms with Crippen molar-refractivity contribution in [2.75, 3.05) is 0 Å². The van der Waals surface area contributed by atoms with E-state index in [-0.39, 0.29) is 0 Å². The second kappa shape index (κ2) is 6.17. The Balaban J connectivity index is 1.71. The lowest BCUT2D eigenvalue weighted by molar-refractivity contribution is 0.669. The van der Waals surface area contributed by atoms with Gasteiger partial charge in [-0.05, 0) is 53.9 Å². The quantitative estimate of drug-likeness (QED) is 0.210. The second-order valence-corrected chi connectivity index (χ2v) is 10.2. The van der Waals surface area contributed by atoms with Gasteiger partial charge >= 0.3 is 0 Å². The normalized spacial score (nSPS) is 12.6. The highest BCUT2D eigenvalue weighted by Gasteiger charge is 2.21. The minimum absolute atomic E-state index is 0.898. The molecule has 0 spiro atoms. The Morgan fingerprint density at radius 2 is 1.37 bits per heavy atom. The third kappa shape index (κ3) is 2.14. The van der Waals surface area contributed by atoms with Crippen LogP contribution in [0.5, 0.6) is 0 Å². The molecule has 162 valence electrons. The Morgan fingerprint density at radius 3 is 2.34 bits per heavy atom. The molecule has 35 heavy (non-hydrogen) atoms. The van der Waals surface area contributed by atoms with Crippen molar-refractivity contribution in [1.29, 1.82) is 0 Å². The van der Waals surface area contributed by atoms with Crippen LogP contribution >= 0.6 is 11.3 Å². The van der Waals surface area contributed by atoms with Gasteiger partial charge in [0.2, 0.25) is 0 Å². The number of thiophene rings is 1. The molecule has 0 atom stereocenters. The molecule has 9 aromatic rings. The van der Waals surface area contributed by atoms with Crippen molar-refractivity contribution < 1.29 is 4.42 Å². The van der Waals surface area contributed by atoms with E-state index in [4.69, 9.17) is 9.40 Å². The molecule has 0 amide bonds. The largest absolute Gasteiger partial charge is 0.456 e. The summed E-state index contributed by atoms with van der Waals surface area (Å²) in [5.74, 6) is 0. The second-order valence-electron chi connectivity index (χ2n) is 9.15. The number of hydrogen-bond acceptors (Lipinski definition) is 3. The van der Waals surface area contributed by atoms with Gasteiger partial charge in [-0.25, -0.2) is 4.98 Å². The first-order chi connectivity index (χ1) is 17.4. The van der Waals surface area contributed by atoms with Crippen LogP contribution in [0.2, 0.25) is 0 Å². The van der Waals surface area contributed by atoms with Gasteiger partial charge in [0.25, 0.3) is 0 Å². The summed E-state index contributed by atoms with van der Waals surface area (Å²) in [7, 11) is 0. The van der Waals surface area contributed by atoms with Crippen LogP contribution in [0.25, 0.3) is 80.5 Å². The Morgan fingerprint density at radius 1 is 0.543 bits per heavy atom. The van der Waals surface area contributed by atoms with Crippen LogP contribution in [0, 0.1) is 0 Å². The van der Waals surface area contributed by atoms with E-state index in [0.717, 1.165) is 44.0 Å². The van der Waals surface area contributed by atoms with E-state index < -0.39 is 0 Å². The Hall–Kier alpha value is -4.41. The third-order valence-corrected chi connectivity index (χ3v) is 8.50. The summed E-state index contributed by atoms with van der Waals surface area (Å²) in [6.07, 6.45) is 0. The molecular weight excluding hydrogens is 448 g/mol. The molecular formula is C31H16N2OS. The van der Waals surface area contributed by atoms with Crippen molar-refractivity contribution in [1.82, 2.24) is 9.38 Å². The molecule has 0 saturated heterocycles. The molecule has 0 fully saturated rings. The number of hydrogen-bond donors (Lipinski definition) is 0. The van der Waals surface area contributed by atoms with Gasteiger partial charge in [0.1, 0.15) is 16.8 Å². The first kappa shape index (κ1) is 18.0. The maximum atomic E-state index is 6.30. The highest BCUT2D eigenvalue weighted by Crippen LogP contribution is 2.45. The molecule has 4 aromatic heterocycles. The highest BCUT2D eigenvalue weighted by molar-refractivity contribution is 7.26. The molecule has 0 unspecified atom stereocenters. The van der Waals surface area contributed by atoms with Gasteiger partial charge in [0.05, 0.1) is 16.6 Å². The van der Waals surface area contributed by atoms with E-state index in [0.29, 0.717) is 0 Å². The zero-order valence-corrected chi connectivity index (χ0v) is 19.3. The summed E-state index contributed by atoms with van der Waals surface area (Å²) < 4.78 is 11.3.